The molecular formula is C18H23N5O2. The lowest BCUT2D eigenvalue weighted by atomic mass is 9.97. The molecule has 0 spiro atoms. The molecule has 3 rings (SSSR count). The number of carboxylic acid groups (broad SMARTS) is 1. The van der Waals surface area contributed by atoms with Crippen molar-refractivity contribution in [2.75, 3.05) is 29.0 Å². The third-order valence-electron chi connectivity index (χ3n) is 4.59. The quantitative estimate of drug-likeness (QED) is 0.766. The molecule has 1 aliphatic heterocycles. The van der Waals surface area contributed by atoms with E-state index < -0.39 is 5.97 Å². The van der Waals surface area contributed by atoms with E-state index in [2.05, 4.69) is 46.5 Å². The average Bonchev–Trinajstić information content (AvgIpc) is 2.62. The number of aryl methyl sites for hydroxylation is 1. The van der Waals surface area contributed by atoms with Crippen LogP contribution in [-0.2, 0) is 11.3 Å². The van der Waals surface area contributed by atoms with Crippen LogP contribution in [0.2, 0.25) is 0 Å². The molecule has 7 heteroatoms. The SMILES string of the molecule is Cc1ccc(CNc2ncnc(N3CCC(C(=O)O)CC3)c2N)cc1. The molecule has 132 valence electrons. The van der Waals surface area contributed by atoms with Crippen molar-refractivity contribution in [2.45, 2.75) is 26.3 Å². The summed E-state index contributed by atoms with van der Waals surface area (Å²) in [4.78, 5) is 21.7. The molecule has 25 heavy (non-hydrogen) atoms. The lowest BCUT2D eigenvalue weighted by Gasteiger charge is -2.31. The first-order valence-electron chi connectivity index (χ1n) is 8.42. The van der Waals surface area contributed by atoms with Gasteiger partial charge in [-0.1, -0.05) is 29.8 Å². The molecular weight excluding hydrogens is 318 g/mol. The van der Waals surface area contributed by atoms with Crippen molar-refractivity contribution in [1.29, 1.82) is 0 Å². The summed E-state index contributed by atoms with van der Waals surface area (Å²) in [5.41, 5.74) is 9.12. The molecule has 4 N–H and O–H groups in total. The minimum absolute atomic E-state index is 0.279. The first kappa shape index (κ1) is 17.0. The molecule has 0 unspecified atom stereocenters. The predicted octanol–water partition coefficient (Wildman–Crippen LogP) is 2.28. The molecule has 1 aliphatic rings. The van der Waals surface area contributed by atoms with Crippen LogP contribution in [0.4, 0.5) is 17.3 Å². The Kier molecular flexibility index (Phi) is 5.02. The highest BCUT2D eigenvalue weighted by Gasteiger charge is 2.26. The van der Waals surface area contributed by atoms with Gasteiger partial charge in [0, 0.05) is 19.6 Å². The first-order chi connectivity index (χ1) is 12.0. The van der Waals surface area contributed by atoms with Crippen LogP contribution < -0.4 is 16.0 Å². The number of nitrogen functional groups attached to an aromatic ring is 1. The van der Waals surface area contributed by atoms with Crippen LogP contribution in [0.5, 0.6) is 0 Å². The van der Waals surface area contributed by atoms with E-state index in [1.165, 1.54) is 11.9 Å². The third kappa shape index (κ3) is 3.99. The number of hydrogen-bond acceptors (Lipinski definition) is 6. The standard InChI is InChI=1S/C18H23N5O2/c1-12-2-4-13(5-3-12)10-20-16-15(19)17(22-11-21-16)23-8-6-14(7-9-23)18(24)25/h2-5,11,14H,6-10,19H2,1H3,(H,24,25)(H,20,21,22). The zero-order chi connectivity index (χ0) is 17.8. The average molecular weight is 341 g/mol. The topological polar surface area (TPSA) is 104 Å². The van der Waals surface area contributed by atoms with Gasteiger partial charge in [0.25, 0.3) is 0 Å². The Bertz CT molecular complexity index is 740. The number of benzene rings is 1. The fraction of sp³-hybridized carbons (Fsp3) is 0.389. The van der Waals surface area contributed by atoms with Crippen LogP contribution in [0.3, 0.4) is 0 Å². The maximum absolute atomic E-state index is 11.1. The summed E-state index contributed by atoms with van der Waals surface area (Å²) in [6.45, 7) is 3.95. The molecule has 1 aromatic carbocycles. The van der Waals surface area contributed by atoms with Crippen LogP contribution in [0.25, 0.3) is 0 Å². The summed E-state index contributed by atoms with van der Waals surface area (Å²) < 4.78 is 0. The Morgan fingerprint density at radius 2 is 1.96 bits per heavy atom. The van der Waals surface area contributed by atoms with Crippen LogP contribution >= 0.6 is 0 Å². The van der Waals surface area contributed by atoms with E-state index in [1.807, 2.05) is 4.90 Å². The van der Waals surface area contributed by atoms with Gasteiger partial charge >= 0.3 is 5.97 Å². The Hall–Kier alpha value is -2.83. The fourth-order valence-corrected chi connectivity index (χ4v) is 3.01. The van der Waals surface area contributed by atoms with Crippen LogP contribution in [0, 0.1) is 12.8 Å². The minimum Gasteiger partial charge on any atom is -0.481 e. The number of carbonyl (C=O) groups is 1. The predicted molar refractivity (Wildman–Crippen MR) is 97.5 cm³/mol. The number of nitrogens with one attached hydrogen (secondary N) is 1. The lowest BCUT2D eigenvalue weighted by molar-refractivity contribution is -0.142. The molecule has 1 fully saturated rings. The second-order valence-corrected chi connectivity index (χ2v) is 6.40. The van der Waals surface area contributed by atoms with Gasteiger partial charge in [-0.05, 0) is 25.3 Å². The fourth-order valence-electron chi connectivity index (χ4n) is 3.01. The van der Waals surface area contributed by atoms with Gasteiger partial charge in [-0.3, -0.25) is 4.79 Å². The summed E-state index contributed by atoms with van der Waals surface area (Å²) in [6.07, 6.45) is 2.70. The van der Waals surface area contributed by atoms with Crippen molar-refractivity contribution in [3.05, 3.63) is 41.7 Å². The number of aliphatic carboxylic acids is 1. The summed E-state index contributed by atoms with van der Waals surface area (Å²) >= 11 is 0. The van der Waals surface area contributed by atoms with Gasteiger partial charge in [0.05, 0.1) is 5.92 Å². The highest BCUT2D eigenvalue weighted by Crippen LogP contribution is 2.30. The summed E-state index contributed by atoms with van der Waals surface area (Å²) in [6, 6.07) is 8.27. The molecule has 1 aromatic heterocycles. The third-order valence-corrected chi connectivity index (χ3v) is 4.59. The summed E-state index contributed by atoms with van der Waals surface area (Å²) in [5.74, 6) is 0.269. The van der Waals surface area contributed by atoms with Crippen molar-refractivity contribution in [2.24, 2.45) is 5.92 Å². The van der Waals surface area contributed by atoms with Gasteiger partial charge in [-0.25, -0.2) is 9.97 Å². The summed E-state index contributed by atoms with van der Waals surface area (Å²) in [5, 5.41) is 12.4. The number of nitrogens with two attached hydrogens (primary N) is 1. The molecule has 0 aliphatic carbocycles. The molecule has 0 atom stereocenters. The number of rotatable bonds is 5. The number of anilines is 3. The zero-order valence-electron chi connectivity index (χ0n) is 14.3. The minimum atomic E-state index is -0.726. The van der Waals surface area contributed by atoms with Gasteiger partial charge in [-0.15, -0.1) is 0 Å². The van der Waals surface area contributed by atoms with Crippen LogP contribution in [0.1, 0.15) is 24.0 Å². The Balaban J connectivity index is 1.68. The maximum Gasteiger partial charge on any atom is 0.306 e. The zero-order valence-corrected chi connectivity index (χ0v) is 14.3. The van der Waals surface area contributed by atoms with Crippen molar-refractivity contribution in [3.8, 4) is 0 Å². The monoisotopic (exact) mass is 341 g/mol. The molecule has 0 saturated carbocycles. The van der Waals surface area contributed by atoms with Gasteiger partial charge in [0.2, 0.25) is 0 Å². The van der Waals surface area contributed by atoms with Crippen LogP contribution in [0.15, 0.2) is 30.6 Å². The Morgan fingerprint density at radius 3 is 2.60 bits per heavy atom. The van der Waals surface area contributed by atoms with Gasteiger partial charge < -0.3 is 21.1 Å². The number of hydrogen-bond donors (Lipinski definition) is 3. The van der Waals surface area contributed by atoms with Crippen LogP contribution in [-0.4, -0.2) is 34.1 Å². The van der Waals surface area contributed by atoms with E-state index >= 15 is 0 Å². The summed E-state index contributed by atoms with van der Waals surface area (Å²) in [7, 11) is 0. The Labute approximate surface area is 146 Å². The highest BCUT2D eigenvalue weighted by molar-refractivity contribution is 5.75. The van der Waals surface area contributed by atoms with Gasteiger partial charge in [0.1, 0.15) is 12.0 Å². The normalized spacial score (nSPS) is 15.2. The lowest BCUT2D eigenvalue weighted by Crippen LogP contribution is -2.37. The second-order valence-electron chi connectivity index (χ2n) is 6.40. The molecule has 2 heterocycles. The smallest absolute Gasteiger partial charge is 0.306 e. The van der Waals surface area contributed by atoms with Crippen molar-refractivity contribution in [3.63, 3.8) is 0 Å². The number of piperidine rings is 1. The first-order valence-corrected chi connectivity index (χ1v) is 8.42. The molecule has 1 saturated heterocycles. The van der Waals surface area contributed by atoms with Gasteiger partial charge in [0.15, 0.2) is 11.6 Å². The van der Waals surface area contributed by atoms with E-state index in [-0.39, 0.29) is 5.92 Å². The van der Waals surface area contributed by atoms with E-state index in [0.29, 0.717) is 49.8 Å². The molecule has 0 amide bonds. The second kappa shape index (κ2) is 7.38. The van der Waals surface area contributed by atoms with Crippen molar-refractivity contribution < 1.29 is 9.90 Å². The highest BCUT2D eigenvalue weighted by atomic mass is 16.4. The molecule has 2 aromatic rings. The maximum atomic E-state index is 11.1. The van der Waals surface area contributed by atoms with E-state index in [0.717, 1.165) is 5.56 Å². The van der Waals surface area contributed by atoms with Gasteiger partial charge in [-0.2, -0.15) is 0 Å². The van der Waals surface area contributed by atoms with E-state index in [9.17, 15) is 4.79 Å². The number of nitrogens with zero attached hydrogens (tertiary/aromatic N) is 3. The number of carboxylic acids is 1. The molecule has 0 radical (unpaired) electrons. The largest absolute Gasteiger partial charge is 0.481 e. The van der Waals surface area contributed by atoms with Crippen molar-refractivity contribution in [1.82, 2.24) is 9.97 Å². The van der Waals surface area contributed by atoms with Crippen molar-refractivity contribution >= 4 is 23.3 Å². The molecule has 7 nitrogen and oxygen atoms in total. The van der Waals surface area contributed by atoms with E-state index in [1.54, 1.807) is 0 Å². The Morgan fingerprint density at radius 1 is 1.28 bits per heavy atom. The van der Waals surface area contributed by atoms with E-state index in [4.69, 9.17) is 10.8 Å². The number of aromatic nitrogens is 2. The molecule has 0 bridgehead atoms.